The Kier molecular flexibility index (Phi) is 8.16. The van der Waals surface area contributed by atoms with E-state index in [0.717, 1.165) is 25.4 Å². The Morgan fingerprint density at radius 3 is 2.62 bits per heavy atom. The van der Waals surface area contributed by atoms with E-state index in [1.807, 2.05) is 12.1 Å². The van der Waals surface area contributed by atoms with Crippen molar-refractivity contribution < 1.29 is 14.6 Å². The van der Waals surface area contributed by atoms with Crippen LogP contribution in [0.5, 0.6) is 5.75 Å². The first-order chi connectivity index (χ1) is 12.5. The van der Waals surface area contributed by atoms with Crippen molar-refractivity contribution in [3.8, 4) is 5.75 Å². The monoisotopic (exact) mass is 360 g/mol. The van der Waals surface area contributed by atoms with Gasteiger partial charge in [-0.25, -0.2) is 0 Å². The lowest BCUT2D eigenvalue weighted by molar-refractivity contribution is 0.0326. The highest BCUT2D eigenvalue weighted by molar-refractivity contribution is 5.29. The number of aliphatic hydroxyl groups excluding tert-OH is 1. The normalized spacial score (nSPS) is 12.7. The molecule has 0 spiro atoms. The molecular formula is C21H32N2O3. The van der Waals surface area contributed by atoms with Gasteiger partial charge in [0.05, 0.1) is 19.8 Å². The van der Waals surface area contributed by atoms with Crippen molar-refractivity contribution in [1.29, 1.82) is 0 Å². The average Bonchev–Trinajstić information content (AvgIpc) is 3.01. The quantitative estimate of drug-likeness (QED) is 0.669. The molecule has 5 heteroatoms. The van der Waals surface area contributed by atoms with Crippen LogP contribution in [0.2, 0.25) is 0 Å². The zero-order valence-corrected chi connectivity index (χ0v) is 16.4. The highest BCUT2D eigenvalue weighted by Crippen LogP contribution is 2.16. The molecule has 0 amide bonds. The Morgan fingerprint density at radius 1 is 1.12 bits per heavy atom. The van der Waals surface area contributed by atoms with Crippen molar-refractivity contribution in [1.82, 2.24) is 9.47 Å². The Bertz CT molecular complexity index is 654. The Morgan fingerprint density at radius 2 is 1.92 bits per heavy atom. The molecule has 1 atom stereocenters. The molecule has 1 aromatic carbocycles. The van der Waals surface area contributed by atoms with Gasteiger partial charge in [0, 0.05) is 45.2 Å². The van der Waals surface area contributed by atoms with E-state index in [4.69, 9.17) is 9.47 Å². The topological polar surface area (TPSA) is 46.9 Å². The van der Waals surface area contributed by atoms with Gasteiger partial charge < -0.3 is 19.1 Å². The maximum atomic E-state index is 10.1. The lowest BCUT2D eigenvalue weighted by Crippen LogP contribution is -2.37. The van der Waals surface area contributed by atoms with Crippen LogP contribution in [0.3, 0.4) is 0 Å². The average molecular weight is 360 g/mol. The van der Waals surface area contributed by atoms with Crippen LogP contribution in [0.25, 0.3) is 0 Å². The van der Waals surface area contributed by atoms with Crippen LogP contribution in [0.15, 0.2) is 42.6 Å². The molecule has 0 aliphatic carbocycles. The van der Waals surface area contributed by atoms with Crippen molar-refractivity contribution in [3.05, 3.63) is 53.9 Å². The molecule has 1 heterocycles. The third kappa shape index (κ3) is 6.48. The zero-order valence-electron chi connectivity index (χ0n) is 16.4. The third-order valence-corrected chi connectivity index (χ3v) is 4.25. The third-order valence-electron chi connectivity index (χ3n) is 4.25. The number of nitrogens with zero attached hydrogens (tertiary/aromatic N) is 2. The molecular weight excluding hydrogens is 328 g/mol. The van der Waals surface area contributed by atoms with E-state index in [1.54, 1.807) is 14.2 Å². The van der Waals surface area contributed by atoms with Gasteiger partial charge in [-0.2, -0.15) is 0 Å². The molecule has 0 fully saturated rings. The molecule has 26 heavy (non-hydrogen) atoms. The van der Waals surface area contributed by atoms with E-state index in [-0.39, 0.29) is 0 Å². The fourth-order valence-electron chi connectivity index (χ4n) is 3.21. The second kappa shape index (κ2) is 10.4. The van der Waals surface area contributed by atoms with Crippen molar-refractivity contribution in [2.45, 2.75) is 33.0 Å². The molecule has 1 aromatic heterocycles. The predicted octanol–water partition coefficient (Wildman–Crippen LogP) is 3.01. The first-order valence-electron chi connectivity index (χ1n) is 9.18. The Labute approximate surface area is 157 Å². The molecule has 1 N–H and O–H groups in total. The molecule has 5 nitrogen and oxygen atoms in total. The van der Waals surface area contributed by atoms with Crippen LogP contribution in [-0.2, 0) is 17.8 Å². The highest BCUT2D eigenvalue weighted by Gasteiger charge is 2.15. The summed E-state index contributed by atoms with van der Waals surface area (Å²) < 4.78 is 12.7. The molecule has 0 bridgehead atoms. The summed E-state index contributed by atoms with van der Waals surface area (Å²) in [6.07, 6.45) is 1.63. The van der Waals surface area contributed by atoms with Gasteiger partial charge in [0.15, 0.2) is 0 Å². The van der Waals surface area contributed by atoms with Gasteiger partial charge >= 0.3 is 0 Å². The van der Waals surface area contributed by atoms with Crippen molar-refractivity contribution in [2.24, 2.45) is 5.92 Å². The van der Waals surface area contributed by atoms with Crippen molar-refractivity contribution in [2.75, 3.05) is 33.9 Å². The first kappa shape index (κ1) is 20.5. The molecule has 0 unspecified atom stereocenters. The van der Waals surface area contributed by atoms with E-state index < -0.39 is 6.10 Å². The van der Waals surface area contributed by atoms with Crippen molar-refractivity contribution in [3.63, 3.8) is 0 Å². The molecule has 144 valence electrons. The second-order valence-corrected chi connectivity index (χ2v) is 7.18. The molecule has 2 rings (SSSR count). The lowest BCUT2D eigenvalue weighted by atomic mass is 10.2. The van der Waals surface area contributed by atoms with E-state index >= 15 is 0 Å². The fraction of sp³-hybridized carbons (Fsp3) is 0.524. The predicted molar refractivity (Wildman–Crippen MR) is 105 cm³/mol. The van der Waals surface area contributed by atoms with Crippen molar-refractivity contribution >= 4 is 0 Å². The maximum absolute atomic E-state index is 10.1. The second-order valence-electron chi connectivity index (χ2n) is 7.18. The molecule has 2 aromatic rings. The molecule has 0 saturated carbocycles. The number of hydrogen-bond donors (Lipinski definition) is 1. The van der Waals surface area contributed by atoms with Crippen LogP contribution in [0.4, 0.5) is 0 Å². The number of benzene rings is 1. The minimum Gasteiger partial charge on any atom is -0.497 e. The highest BCUT2D eigenvalue weighted by atomic mass is 16.5. The zero-order chi connectivity index (χ0) is 18.9. The van der Waals surface area contributed by atoms with Crippen LogP contribution >= 0.6 is 0 Å². The van der Waals surface area contributed by atoms with Gasteiger partial charge in [0.25, 0.3) is 0 Å². The molecule has 0 aliphatic rings. The van der Waals surface area contributed by atoms with Gasteiger partial charge in [-0.15, -0.1) is 0 Å². The fourth-order valence-corrected chi connectivity index (χ4v) is 3.21. The first-order valence-corrected chi connectivity index (χ1v) is 9.18. The number of methoxy groups -OCH3 is 2. The smallest absolute Gasteiger partial charge is 0.119 e. The SMILES string of the molecule is COC[C@H](O)CN(Cc1cccn1Cc1cccc(OC)c1)CC(C)C. The number of hydrogen-bond acceptors (Lipinski definition) is 4. The van der Waals surface area contributed by atoms with Crippen LogP contribution < -0.4 is 4.74 Å². The summed E-state index contributed by atoms with van der Waals surface area (Å²) in [6, 6.07) is 12.4. The number of ether oxygens (including phenoxy) is 2. The molecule has 0 aliphatic heterocycles. The maximum Gasteiger partial charge on any atom is 0.119 e. The van der Waals surface area contributed by atoms with E-state index in [0.29, 0.717) is 19.1 Å². The number of rotatable bonds is 11. The summed E-state index contributed by atoms with van der Waals surface area (Å²) in [5, 5.41) is 10.1. The summed E-state index contributed by atoms with van der Waals surface area (Å²) >= 11 is 0. The Hall–Kier alpha value is -1.82. The summed E-state index contributed by atoms with van der Waals surface area (Å²) in [5.74, 6) is 1.41. The Balaban J connectivity index is 2.08. The standard InChI is InChI=1S/C21H32N2O3/c1-17(2)12-22(15-20(24)16-25-3)14-19-8-6-10-23(19)13-18-7-5-9-21(11-18)26-4/h5-11,17,20,24H,12-16H2,1-4H3/t20-/m1/s1. The van der Waals surface area contributed by atoms with E-state index in [9.17, 15) is 5.11 Å². The summed E-state index contributed by atoms with van der Waals surface area (Å²) in [4.78, 5) is 2.30. The number of aromatic nitrogens is 1. The minimum absolute atomic E-state index is 0.361. The van der Waals surface area contributed by atoms with Gasteiger partial charge in [-0.05, 0) is 35.7 Å². The van der Waals surface area contributed by atoms with E-state index in [1.165, 1.54) is 11.3 Å². The van der Waals surface area contributed by atoms with Gasteiger partial charge in [0.2, 0.25) is 0 Å². The van der Waals surface area contributed by atoms with Gasteiger partial charge in [0.1, 0.15) is 5.75 Å². The molecule has 0 saturated heterocycles. The summed E-state index contributed by atoms with van der Waals surface area (Å²) in [7, 11) is 3.31. The summed E-state index contributed by atoms with van der Waals surface area (Å²) in [5.41, 5.74) is 2.44. The minimum atomic E-state index is -0.472. The largest absolute Gasteiger partial charge is 0.497 e. The van der Waals surface area contributed by atoms with E-state index in [2.05, 4.69) is 53.8 Å². The van der Waals surface area contributed by atoms with Crippen LogP contribution in [0, 0.1) is 5.92 Å². The van der Waals surface area contributed by atoms with Gasteiger partial charge in [-0.3, -0.25) is 4.90 Å². The lowest BCUT2D eigenvalue weighted by Gasteiger charge is -2.27. The summed E-state index contributed by atoms with van der Waals surface area (Å²) in [6.45, 7) is 7.91. The van der Waals surface area contributed by atoms with Gasteiger partial charge in [-0.1, -0.05) is 26.0 Å². The van der Waals surface area contributed by atoms with Crippen LogP contribution in [-0.4, -0.2) is 54.6 Å². The van der Waals surface area contributed by atoms with Crippen LogP contribution in [0.1, 0.15) is 25.1 Å². The number of aliphatic hydroxyl groups is 1. The molecule has 0 radical (unpaired) electrons.